The molecule has 1 atom stereocenters. The van der Waals surface area contributed by atoms with Gasteiger partial charge >= 0.3 is 0 Å². The molecule has 2 aliphatic heterocycles. The fourth-order valence-corrected chi connectivity index (χ4v) is 4.75. The van der Waals surface area contributed by atoms with Crippen LogP contribution in [0.5, 0.6) is 0 Å². The minimum atomic E-state index is 0.212. The topological polar surface area (TPSA) is 45.7 Å². The lowest BCUT2D eigenvalue weighted by molar-refractivity contribution is -0.130. The number of carbonyl (C=O) groups excluding carboxylic acids is 1. The van der Waals surface area contributed by atoms with Crippen molar-refractivity contribution in [1.29, 1.82) is 0 Å². The summed E-state index contributed by atoms with van der Waals surface area (Å²) in [6.45, 7) is 7.54. The normalized spacial score (nSPS) is 21.1. The van der Waals surface area contributed by atoms with Gasteiger partial charge in [0.25, 0.3) is 0 Å². The molecule has 144 valence electrons. The predicted molar refractivity (Wildman–Crippen MR) is 109 cm³/mol. The number of piperazine rings is 1. The number of fused-ring (bicyclic) bond motifs is 1. The highest BCUT2D eigenvalue weighted by Crippen LogP contribution is 2.24. The number of aryl methyl sites for hydroxylation is 1. The molecule has 0 saturated carbocycles. The van der Waals surface area contributed by atoms with Gasteiger partial charge in [-0.05, 0) is 37.5 Å². The van der Waals surface area contributed by atoms with Crippen molar-refractivity contribution in [2.75, 3.05) is 45.1 Å². The van der Waals surface area contributed by atoms with Gasteiger partial charge in [0.15, 0.2) is 0 Å². The van der Waals surface area contributed by atoms with Crippen LogP contribution in [0.2, 0.25) is 0 Å². The number of hydrogen-bond donors (Lipinski definition) is 0. The highest BCUT2D eigenvalue weighted by Gasteiger charge is 2.24. The molecular weight excluding hydrogens is 358 g/mol. The highest BCUT2D eigenvalue weighted by molar-refractivity contribution is 7.99. The second-order valence-corrected chi connectivity index (χ2v) is 8.40. The van der Waals surface area contributed by atoms with Crippen molar-refractivity contribution < 1.29 is 9.53 Å². The van der Waals surface area contributed by atoms with Gasteiger partial charge in [-0.1, -0.05) is 30.0 Å². The number of rotatable bonds is 5. The van der Waals surface area contributed by atoms with Gasteiger partial charge in [-0.15, -0.1) is 0 Å². The van der Waals surface area contributed by atoms with E-state index in [-0.39, 0.29) is 5.91 Å². The molecule has 1 amide bonds. The maximum Gasteiger partial charge on any atom is 0.233 e. The molecule has 5 nitrogen and oxygen atoms in total. The summed E-state index contributed by atoms with van der Waals surface area (Å²) in [5.41, 5.74) is 2.20. The maximum absolute atomic E-state index is 12.6. The van der Waals surface area contributed by atoms with Crippen molar-refractivity contribution in [2.45, 2.75) is 30.9 Å². The van der Waals surface area contributed by atoms with E-state index in [2.05, 4.69) is 24.0 Å². The number of amides is 1. The van der Waals surface area contributed by atoms with Crippen molar-refractivity contribution in [2.24, 2.45) is 0 Å². The molecule has 1 aromatic carbocycles. The summed E-state index contributed by atoms with van der Waals surface area (Å²) in [6, 6.07) is 10.2. The molecule has 2 aromatic rings. The molecule has 1 aromatic heterocycles. The number of thioether (sulfide) groups is 1. The van der Waals surface area contributed by atoms with Gasteiger partial charge in [0, 0.05) is 44.7 Å². The quantitative estimate of drug-likeness (QED) is 0.741. The van der Waals surface area contributed by atoms with Crippen LogP contribution in [0.1, 0.15) is 18.4 Å². The average molecular weight is 386 g/mol. The summed E-state index contributed by atoms with van der Waals surface area (Å²) in [5.74, 6) is 0.667. The van der Waals surface area contributed by atoms with Gasteiger partial charge in [-0.25, -0.2) is 4.98 Å². The number of nitrogens with zero attached hydrogens (tertiary/aromatic N) is 3. The zero-order chi connectivity index (χ0) is 18.6. The summed E-state index contributed by atoms with van der Waals surface area (Å²) in [5, 5.41) is 2.10. The Balaban J connectivity index is 1.27. The molecule has 2 saturated heterocycles. The molecule has 3 heterocycles. The van der Waals surface area contributed by atoms with E-state index >= 15 is 0 Å². The Morgan fingerprint density at radius 2 is 2.07 bits per heavy atom. The number of pyridine rings is 1. The summed E-state index contributed by atoms with van der Waals surface area (Å²) >= 11 is 1.54. The molecule has 0 N–H and O–H groups in total. The second-order valence-electron chi connectivity index (χ2n) is 7.40. The van der Waals surface area contributed by atoms with Crippen molar-refractivity contribution in [3.63, 3.8) is 0 Å². The van der Waals surface area contributed by atoms with Gasteiger partial charge in [-0.3, -0.25) is 9.69 Å². The van der Waals surface area contributed by atoms with E-state index in [0.29, 0.717) is 11.9 Å². The van der Waals surface area contributed by atoms with E-state index in [1.54, 1.807) is 11.8 Å². The molecule has 4 rings (SSSR count). The van der Waals surface area contributed by atoms with E-state index in [4.69, 9.17) is 9.72 Å². The molecule has 2 fully saturated rings. The van der Waals surface area contributed by atoms with E-state index in [0.717, 1.165) is 49.9 Å². The van der Waals surface area contributed by atoms with Gasteiger partial charge in [0.05, 0.1) is 22.4 Å². The third-order valence-electron chi connectivity index (χ3n) is 5.45. The largest absolute Gasteiger partial charge is 0.377 e. The minimum absolute atomic E-state index is 0.212. The summed E-state index contributed by atoms with van der Waals surface area (Å²) in [6.07, 6.45) is 2.75. The molecule has 0 unspecified atom stereocenters. The van der Waals surface area contributed by atoms with Crippen LogP contribution in [-0.4, -0.2) is 71.9 Å². The Hall–Kier alpha value is -1.63. The first kappa shape index (κ1) is 18.7. The Kier molecular flexibility index (Phi) is 5.95. The first-order chi connectivity index (χ1) is 13.2. The first-order valence-corrected chi connectivity index (χ1v) is 10.8. The van der Waals surface area contributed by atoms with Crippen LogP contribution in [0.15, 0.2) is 35.4 Å². The van der Waals surface area contributed by atoms with Crippen molar-refractivity contribution >= 4 is 28.6 Å². The van der Waals surface area contributed by atoms with Crippen molar-refractivity contribution in [1.82, 2.24) is 14.8 Å². The van der Waals surface area contributed by atoms with Gasteiger partial charge in [0.2, 0.25) is 5.91 Å². The van der Waals surface area contributed by atoms with E-state index in [1.165, 1.54) is 23.8 Å². The smallest absolute Gasteiger partial charge is 0.233 e. The Morgan fingerprint density at radius 3 is 2.85 bits per heavy atom. The Bertz CT molecular complexity index is 799. The van der Waals surface area contributed by atoms with E-state index < -0.39 is 0 Å². The molecule has 27 heavy (non-hydrogen) atoms. The van der Waals surface area contributed by atoms with Crippen molar-refractivity contribution in [3.05, 3.63) is 35.9 Å². The SMILES string of the molecule is Cc1cc(SCC(=O)N2CCN(C[C@@H]3CCCO3)CC2)nc2ccccc12. The number of hydrogen-bond acceptors (Lipinski definition) is 5. The fraction of sp³-hybridized carbons (Fsp3) is 0.524. The number of ether oxygens (including phenoxy) is 1. The predicted octanol–water partition coefficient (Wildman–Crippen LogP) is 2.96. The molecule has 0 radical (unpaired) electrons. The lowest BCUT2D eigenvalue weighted by Gasteiger charge is -2.35. The number of carbonyl (C=O) groups is 1. The van der Waals surface area contributed by atoms with Crippen LogP contribution in [0.4, 0.5) is 0 Å². The van der Waals surface area contributed by atoms with Crippen LogP contribution < -0.4 is 0 Å². The number of para-hydroxylation sites is 1. The third kappa shape index (κ3) is 4.62. The molecule has 0 spiro atoms. The lowest BCUT2D eigenvalue weighted by atomic mass is 10.1. The van der Waals surface area contributed by atoms with Gasteiger partial charge < -0.3 is 9.64 Å². The van der Waals surface area contributed by atoms with Crippen LogP contribution >= 0.6 is 11.8 Å². The monoisotopic (exact) mass is 385 g/mol. The summed E-state index contributed by atoms with van der Waals surface area (Å²) in [7, 11) is 0. The highest BCUT2D eigenvalue weighted by atomic mass is 32.2. The fourth-order valence-electron chi connectivity index (χ4n) is 3.88. The maximum atomic E-state index is 12.6. The molecule has 0 aliphatic carbocycles. The van der Waals surface area contributed by atoms with Crippen LogP contribution in [0.25, 0.3) is 10.9 Å². The average Bonchev–Trinajstić information content (AvgIpc) is 3.20. The molecular formula is C21H27N3O2S. The molecule has 0 bridgehead atoms. The standard InChI is InChI=1S/C21H27N3O2S/c1-16-13-20(22-19-7-3-2-6-18(16)19)27-15-21(25)24-10-8-23(9-11-24)14-17-5-4-12-26-17/h2-3,6-7,13,17H,4-5,8-12,14-15H2,1H3/t17-/m0/s1. The van der Waals surface area contributed by atoms with Crippen LogP contribution in [-0.2, 0) is 9.53 Å². The number of benzene rings is 1. The molecule has 6 heteroatoms. The van der Waals surface area contributed by atoms with E-state index in [9.17, 15) is 4.79 Å². The summed E-state index contributed by atoms with van der Waals surface area (Å²) in [4.78, 5) is 21.7. The van der Waals surface area contributed by atoms with Crippen molar-refractivity contribution in [3.8, 4) is 0 Å². The lowest BCUT2D eigenvalue weighted by Crippen LogP contribution is -2.50. The first-order valence-electron chi connectivity index (χ1n) is 9.80. The zero-order valence-electron chi connectivity index (χ0n) is 15.9. The molecule has 2 aliphatic rings. The Morgan fingerprint density at radius 1 is 1.26 bits per heavy atom. The number of aromatic nitrogens is 1. The Labute approximate surface area is 165 Å². The van der Waals surface area contributed by atoms with Gasteiger partial charge in [0.1, 0.15) is 0 Å². The second kappa shape index (κ2) is 8.59. The van der Waals surface area contributed by atoms with E-state index in [1.807, 2.05) is 23.1 Å². The van der Waals surface area contributed by atoms with Crippen LogP contribution in [0.3, 0.4) is 0 Å². The minimum Gasteiger partial charge on any atom is -0.377 e. The third-order valence-corrected chi connectivity index (χ3v) is 6.35. The van der Waals surface area contributed by atoms with Gasteiger partial charge in [-0.2, -0.15) is 0 Å². The summed E-state index contributed by atoms with van der Waals surface area (Å²) < 4.78 is 5.73. The van der Waals surface area contributed by atoms with Crippen LogP contribution in [0, 0.1) is 6.92 Å². The zero-order valence-corrected chi connectivity index (χ0v) is 16.7.